The molecule has 1 atom stereocenters. The third-order valence-electron chi connectivity index (χ3n) is 4.84. The predicted molar refractivity (Wildman–Crippen MR) is 81.6 cm³/mol. The number of hydrogen-bond donors (Lipinski definition) is 1. The van der Waals surface area contributed by atoms with Crippen LogP contribution in [0, 0.1) is 5.92 Å². The van der Waals surface area contributed by atoms with E-state index >= 15 is 0 Å². The van der Waals surface area contributed by atoms with Crippen LogP contribution in [0.2, 0.25) is 0 Å². The van der Waals surface area contributed by atoms with Crippen LogP contribution in [-0.2, 0) is 13.5 Å². The monoisotopic (exact) mass is 275 g/mol. The maximum atomic E-state index is 6.21. The second-order valence-electron chi connectivity index (χ2n) is 6.07. The normalized spacial score (nSPS) is 18.8. The number of nitrogen functional groups attached to an aromatic ring is 1. The molecular weight excluding hydrogens is 250 g/mol. The lowest BCUT2D eigenvalue weighted by molar-refractivity contribution is 0.268. The first-order chi connectivity index (χ1) is 9.63. The molecule has 20 heavy (non-hydrogen) atoms. The van der Waals surface area contributed by atoms with Crippen molar-refractivity contribution >= 4 is 17.1 Å². The Balaban J connectivity index is 2.05. The average molecular weight is 275 g/mol. The van der Waals surface area contributed by atoms with Crippen molar-refractivity contribution in [2.45, 2.75) is 58.4 Å². The summed E-state index contributed by atoms with van der Waals surface area (Å²) in [6.45, 7) is 4.40. The minimum absolute atomic E-state index is 0.403. The number of nitrogens with two attached hydrogens (primary N) is 1. The molecule has 2 aromatic rings. The summed E-state index contributed by atoms with van der Waals surface area (Å²) >= 11 is 0. The molecule has 0 bridgehead atoms. The van der Waals surface area contributed by atoms with E-state index in [1.165, 1.54) is 32.1 Å². The van der Waals surface area contributed by atoms with Crippen molar-refractivity contribution in [2.75, 3.05) is 5.73 Å². The van der Waals surface area contributed by atoms with E-state index in [9.17, 15) is 0 Å². The Hall–Kier alpha value is -1.52. The van der Waals surface area contributed by atoms with E-state index in [1.54, 1.807) is 0 Å². The Morgan fingerprint density at radius 1 is 1.30 bits per heavy atom. The van der Waals surface area contributed by atoms with Crippen LogP contribution in [-0.4, -0.2) is 19.3 Å². The van der Waals surface area contributed by atoms with Crippen LogP contribution >= 0.6 is 0 Å². The number of nitrogens with zero attached hydrogens (tertiary/aromatic N) is 4. The van der Waals surface area contributed by atoms with Gasteiger partial charge in [0, 0.05) is 13.1 Å². The second-order valence-corrected chi connectivity index (χ2v) is 6.07. The topological polar surface area (TPSA) is 61.7 Å². The van der Waals surface area contributed by atoms with Crippen LogP contribution in [0.4, 0.5) is 5.95 Å². The van der Waals surface area contributed by atoms with Crippen LogP contribution in [0.25, 0.3) is 11.2 Å². The van der Waals surface area contributed by atoms with Gasteiger partial charge < -0.3 is 5.73 Å². The lowest BCUT2D eigenvalue weighted by Gasteiger charge is -2.29. The van der Waals surface area contributed by atoms with E-state index < -0.39 is 0 Å². The largest absolute Gasteiger partial charge is 0.369 e. The van der Waals surface area contributed by atoms with Gasteiger partial charge in [-0.05, 0) is 32.1 Å². The molecule has 110 valence electrons. The van der Waals surface area contributed by atoms with Crippen LogP contribution < -0.4 is 5.73 Å². The molecule has 0 aliphatic heterocycles. The minimum atomic E-state index is 0.403. The summed E-state index contributed by atoms with van der Waals surface area (Å²) in [6.07, 6.45) is 7.57. The zero-order chi connectivity index (χ0) is 14.3. The fourth-order valence-corrected chi connectivity index (χ4v) is 3.69. The van der Waals surface area contributed by atoms with Gasteiger partial charge >= 0.3 is 0 Å². The van der Waals surface area contributed by atoms with Crippen molar-refractivity contribution < 1.29 is 0 Å². The van der Waals surface area contributed by atoms with E-state index in [1.807, 2.05) is 11.7 Å². The second kappa shape index (κ2) is 5.11. The first-order valence-corrected chi connectivity index (χ1v) is 7.82. The number of fused-ring (bicyclic) bond motifs is 1. The number of anilines is 1. The highest BCUT2D eigenvalue weighted by molar-refractivity contribution is 5.78. The highest BCUT2D eigenvalue weighted by Gasteiger charge is 2.26. The summed E-state index contributed by atoms with van der Waals surface area (Å²) in [5.74, 6) is 1.35. The van der Waals surface area contributed by atoms with Crippen molar-refractivity contribution in [1.82, 2.24) is 19.3 Å². The van der Waals surface area contributed by atoms with Crippen LogP contribution in [0.1, 0.15) is 57.7 Å². The summed E-state index contributed by atoms with van der Waals surface area (Å²) in [5.41, 5.74) is 9.32. The van der Waals surface area contributed by atoms with E-state index in [4.69, 9.17) is 5.73 Å². The maximum absolute atomic E-state index is 6.21. The Labute approximate surface area is 120 Å². The van der Waals surface area contributed by atoms with Crippen LogP contribution in [0.5, 0.6) is 0 Å². The fourth-order valence-electron chi connectivity index (χ4n) is 3.69. The van der Waals surface area contributed by atoms with Crippen LogP contribution in [0.3, 0.4) is 0 Å². The zero-order valence-corrected chi connectivity index (χ0v) is 12.8. The van der Waals surface area contributed by atoms with Gasteiger partial charge in [-0.15, -0.1) is 0 Å². The molecule has 0 spiro atoms. The highest BCUT2D eigenvalue weighted by atomic mass is 15.4. The summed E-state index contributed by atoms with van der Waals surface area (Å²) in [4.78, 5) is 4.58. The lowest BCUT2D eigenvalue weighted by atomic mass is 9.84. The average Bonchev–Trinajstić information content (AvgIpc) is 2.96. The van der Waals surface area contributed by atoms with Crippen LogP contribution in [0.15, 0.2) is 0 Å². The van der Waals surface area contributed by atoms with Gasteiger partial charge in [0.05, 0.1) is 5.69 Å². The minimum Gasteiger partial charge on any atom is -0.369 e. The van der Waals surface area contributed by atoms with Gasteiger partial charge in [0.2, 0.25) is 5.95 Å². The molecule has 0 aromatic carbocycles. The van der Waals surface area contributed by atoms with E-state index in [2.05, 4.69) is 28.5 Å². The smallest absolute Gasteiger partial charge is 0.202 e. The van der Waals surface area contributed by atoms with E-state index in [-0.39, 0.29) is 0 Å². The quantitative estimate of drug-likeness (QED) is 0.936. The molecule has 1 aliphatic carbocycles. The Morgan fingerprint density at radius 3 is 2.65 bits per heavy atom. The molecule has 0 saturated heterocycles. The molecule has 0 amide bonds. The molecule has 1 unspecified atom stereocenters. The van der Waals surface area contributed by atoms with Crippen molar-refractivity contribution in [3.05, 3.63) is 5.69 Å². The lowest BCUT2D eigenvalue weighted by Crippen LogP contribution is -2.21. The van der Waals surface area contributed by atoms with Crippen molar-refractivity contribution in [3.63, 3.8) is 0 Å². The summed E-state index contributed by atoms with van der Waals surface area (Å²) in [7, 11) is 1.99. The van der Waals surface area contributed by atoms with Crippen molar-refractivity contribution in [1.29, 1.82) is 0 Å². The van der Waals surface area contributed by atoms with Gasteiger partial charge in [0.1, 0.15) is 5.52 Å². The van der Waals surface area contributed by atoms with Gasteiger partial charge in [0.15, 0.2) is 5.65 Å². The van der Waals surface area contributed by atoms with Gasteiger partial charge in [-0.1, -0.05) is 26.2 Å². The summed E-state index contributed by atoms with van der Waals surface area (Å²) in [5, 5.41) is 4.58. The van der Waals surface area contributed by atoms with Gasteiger partial charge in [-0.25, -0.2) is 4.98 Å². The van der Waals surface area contributed by atoms with Gasteiger partial charge in [-0.2, -0.15) is 5.10 Å². The van der Waals surface area contributed by atoms with Gasteiger partial charge in [-0.3, -0.25) is 9.25 Å². The summed E-state index contributed by atoms with van der Waals surface area (Å²) in [6, 6.07) is 0.403. The molecular formula is C15H25N5. The highest BCUT2D eigenvalue weighted by Crippen LogP contribution is 2.36. The number of aromatic nitrogens is 4. The molecule has 1 saturated carbocycles. The zero-order valence-electron chi connectivity index (χ0n) is 12.8. The number of rotatable bonds is 3. The predicted octanol–water partition coefficient (Wildman–Crippen LogP) is 3.06. The molecule has 0 radical (unpaired) electrons. The summed E-state index contributed by atoms with van der Waals surface area (Å²) < 4.78 is 4.15. The van der Waals surface area contributed by atoms with Crippen molar-refractivity contribution in [2.24, 2.45) is 13.0 Å². The molecule has 5 heteroatoms. The van der Waals surface area contributed by atoms with Gasteiger partial charge in [0.25, 0.3) is 0 Å². The Kier molecular flexibility index (Phi) is 3.44. The number of hydrogen-bond acceptors (Lipinski definition) is 3. The molecule has 2 aromatic heterocycles. The fraction of sp³-hybridized carbons (Fsp3) is 0.733. The number of aryl methyl sites for hydroxylation is 2. The first-order valence-electron chi connectivity index (χ1n) is 7.82. The molecule has 1 fully saturated rings. The number of imidazole rings is 1. The van der Waals surface area contributed by atoms with Crippen molar-refractivity contribution in [3.8, 4) is 0 Å². The first kappa shape index (κ1) is 13.5. The molecule has 3 rings (SSSR count). The third kappa shape index (κ3) is 2.00. The molecule has 1 aliphatic rings. The Bertz CT molecular complexity index is 603. The maximum Gasteiger partial charge on any atom is 0.202 e. The van der Waals surface area contributed by atoms with E-state index in [0.717, 1.165) is 23.3 Å². The Morgan fingerprint density at radius 2 is 2.00 bits per heavy atom. The molecule has 2 N–H and O–H groups in total. The molecule has 2 heterocycles. The standard InChI is InChI=1S/C15H25N5/c1-4-12-13-14(19(3)18-12)20(15(16)17-13)10(2)11-8-6-5-7-9-11/h10-11H,4-9H2,1-3H3,(H2,16,17). The third-order valence-corrected chi connectivity index (χ3v) is 4.84. The van der Waals surface area contributed by atoms with E-state index in [0.29, 0.717) is 17.9 Å². The SMILES string of the molecule is CCc1nn(C)c2c1nc(N)n2C(C)C1CCCCC1. The molecule has 5 nitrogen and oxygen atoms in total.